The van der Waals surface area contributed by atoms with Crippen LogP contribution in [0.5, 0.6) is 0 Å². The molecule has 0 aromatic rings. The normalized spacial score (nSPS) is 31.4. The van der Waals surface area contributed by atoms with Crippen molar-refractivity contribution in [3.8, 4) is 0 Å². The Labute approximate surface area is 82.4 Å². The van der Waals surface area contributed by atoms with Crippen molar-refractivity contribution in [2.24, 2.45) is 5.14 Å². The van der Waals surface area contributed by atoms with E-state index in [2.05, 4.69) is 0 Å². The second-order valence-electron chi connectivity index (χ2n) is 3.27. The van der Waals surface area contributed by atoms with Gasteiger partial charge in [0.2, 0.25) is 0 Å². The molecule has 1 saturated heterocycles. The van der Waals surface area contributed by atoms with Crippen molar-refractivity contribution in [3.63, 3.8) is 0 Å². The van der Waals surface area contributed by atoms with E-state index in [1.807, 2.05) is 0 Å². The molecule has 7 heteroatoms. The summed E-state index contributed by atoms with van der Waals surface area (Å²) in [6.07, 6.45) is -5.75. The summed E-state index contributed by atoms with van der Waals surface area (Å²) in [6, 6.07) is 0. The lowest BCUT2D eigenvalue weighted by atomic mass is 10.0. The minimum atomic E-state index is -4.32. The summed E-state index contributed by atoms with van der Waals surface area (Å²) >= 11 is 0. The molecule has 0 aliphatic carbocycles. The molecule has 0 aromatic heterocycles. The zero-order valence-electron chi connectivity index (χ0n) is 7.42. The summed E-state index contributed by atoms with van der Waals surface area (Å²) in [7, 11) is -1.60. The monoisotopic (exact) mass is 231 g/mol. The van der Waals surface area contributed by atoms with Crippen LogP contribution in [0.4, 0.5) is 13.2 Å². The van der Waals surface area contributed by atoms with E-state index < -0.39 is 29.4 Å². The van der Waals surface area contributed by atoms with Gasteiger partial charge in [0.25, 0.3) is 0 Å². The number of ether oxygens (including phenoxy) is 1. The van der Waals surface area contributed by atoms with Gasteiger partial charge in [-0.05, 0) is 19.3 Å². The standard InChI is InChI=1S/C7H12F3NO2S/c8-7(9,10)6-3-1-2-5(13-6)4-14(11)12/h5-6H,1-4,11H2. The van der Waals surface area contributed by atoms with Crippen molar-refractivity contribution in [3.05, 3.63) is 0 Å². The third-order valence-corrected chi connectivity index (χ3v) is 2.76. The molecule has 0 amide bonds. The first-order valence-corrected chi connectivity index (χ1v) is 5.62. The third kappa shape index (κ3) is 3.55. The fourth-order valence-electron chi connectivity index (χ4n) is 1.45. The maximum absolute atomic E-state index is 12.2. The Bertz CT molecular complexity index is 221. The molecule has 0 spiro atoms. The molecule has 3 nitrogen and oxygen atoms in total. The van der Waals surface area contributed by atoms with Crippen molar-refractivity contribution in [2.75, 3.05) is 5.75 Å². The van der Waals surface area contributed by atoms with Gasteiger partial charge in [-0.1, -0.05) is 0 Å². The summed E-state index contributed by atoms with van der Waals surface area (Å²) in [6.45, 7) is 0. The van der Waals surface area contributed by atoms with Crippen LogP contribution in [0.2, 0.25) is 0 Å². The zero-order valence-corrected chi connectivity index (χ0v) is 8.24. The summed E-state index contributed by atoms with van der Waals surface area (Å²) in [5.41, 5.74) is 0. The molecule has 1 fully saturated rings. The number of nitrogens with two attached hydrogens (primary N) is 1. The van der Waals surface area contributed by atoms with Crippen molar-refractivity contribution in [1.29, 1.82) is 0 Å². The van der Waals surface area contributed by atoms with Crippen LogP contribution in [-0.4, -0.2) is 28.3 Å². The van der Waals surface area contributed by atoms with Crippen LogP contribution < -0.4 is 5.14 Å². The molecule has 3 atom stereocenters. The molecule has 14 heavy (non-hydrogen) atoms. The molecule has 0 bridgehead atoms. The number of hydrogen-bond donors (Lipinski definition) is 1. The Hall–Kier alpha value is -0.140. The summed E-state index contributed by atoms with van der Waals surface area (Å²) in [5, 5.41) is 4.99. The highest BCUT2D eigenvalue weighted by molar-refractivity contribution is 7.82. The summed E-state index contributed by atoms with van der Waals surface area (Å²) in [5.74, 6) is -0.0212. The van der Waals surface area contributed by atoms with E-state index in [0.717, 1.165) is 0 Å². The van der Waals surface area contributed by atoms with Gasteiger partial charge in [0, 0.05) is 0 Å². The van der Waals surface area contributed by atoms with Crippen molar-refractivity contribution in [1.82, 2.24) is 0 Å². The van der Waals surface area contributed by atoms with Crippen LogP contribution in [-0.2, 0) is 15.7 Å². The van der Waals surface area contributed by atoms with Crippen LogP contribution in [0.1, 0.15) is 19.3 Å². The molecular weight excluding hydrogens is 219 g/mol. The maximum Gasteiger partial charge on any atom is 0.414 e. The number of halogens is 3. The highest BCUT2D eigenvalue weighted by Crippen LogP contribution is 2.31. The molecule has 1 aliphatic heterocycles. The van der Waals surface area contributed by atoms with Crippen LogP contribution in [0.25, 0.3) is 0 Å². The average molecular weight is 231 g/mol. The second-order valence-corrected chi connectivity index (χ2v) is 4.36. The molecule has 1 heterocycles. The lowest BCUT2D eigenvalue weighted by Crippen LogP contribution is -2.41. The van der Waals surface area contributed by atoms with E-state index in [4.69, 9.17) is 9.88 Å². The number of alkyl halides is 3. The predicted octanol–water partition coefficient (Wildman–Crippen LogP) is 1.11. The van der Waals surface area contributed by atoms with Crippen LogP contribution >= 0.6 is 0 Å². The molecule has 3 unspecified atom stereocenters. The fourth-order valence-corrected chi connectivity index (χ4v) is 2.06. The lowest BCUT2D eigenvalue weighted by molar-refractivity contribution is -0.242. The molecule has 1 rings (SSSR count). The van der Waals surface area contributed by atoms with Gasteiger partial charge in [-0.2, -0.15) is 13.2 Å². The Morgan fingerprint density at radius 1 is 1.43 bits per heavy atom. The van der Waals surface area contributed by atoms with Gasteiger partial charge in [0.05, 0.1) is 22.8 Å². The summed E-state index contributed by atoms with van der Waals surface area (Å²) in [4.78, 5) is 0. The van der Waals surface area contributed by atoms with Crippen LogP contribution in [0.15, 0.2) is 0 Å². The second kappa shape index (κ2) is 4.59. The quantitative estimate of drug-likeness (QED) is 0.774. The Balaban J connectivity index is 2.48. The number of rotatable bonds is 2. The largest absolute Gasteiger partial charge is 0.414 e. The number of hydrogen-bond acceptors (Lipinski definition) is 2. The highest BCUT2D eigenvalue weighted by Gasteiger charge is 2.43. The molecule has 1 aliphatic rings. The Morgan fingerprint density at radius 3 is 2.57 bits per heavy atom. The minimum absolute atomic E-state index is 0.0167. The highest BCUT2D eigenvalue weighted by atomic mass is 32.2. The Kier molecular flexibility index (Phi) is 3.91. The van der Waals surface area contributed by atoms with E-state index in [1.54, 1.807) is 0 Å². The summed E-state index contributed by atoms with van der Waals surface area (Å²) < 4.78 is 52.0. The van der Waals surface area contributed by atoms with Crippen molar-refractivity contribution < 1.29 is 22.1 Å². The molecular formula is C7H12F3NO2S. The van der Waals surface area contributed by atoms with Crippen LogP contribution in [0, 0.1) is 0 Å². The molecule has 0 aromatic carbocycles. The van der Waals surface area contributed by atoms with Gasteiger partial charge in [-0.15, -0.1) is 0 Å². The van der Waals surface area contributed by atoms with Gasteiger partial charge in [-0.25, -0.2) is 4.21 Å². The molecule has 0 saturated carbocycles. The molecule has 2 N–H and O–H groups in total. The van der Waals surface area contributed by atoms with E-state index in [-0.39, 0.29) is 12.2 Å². The lowest BCUT2D eigenvalue weighted by Gasteiger charge is -2.30. The SMILES string of the molecule is NS(=O)CC1CCCC(C(F)(F)F)O1. The zero-order chi connectivity index (χ0) is 10.8. The van der Waals surface area contributed by atoms with Gasteiger partial charge >= 0.3 is 6.18 Å². The molecule has 0 radical (unpaired) electrons. The van der Waals surface area contributed by atoms with Gasteiger partial charge in [0.15, 0.2) is 6.10 Å². The third-order valence-electron chi connectivity index (χ3n) is 2.06. The topological polar surface area (TPSA) is 52.3 Å². The van der Waals surface area contributed by atoms with Crippen molar-refractivity contribution >= 4 is 11.0 Å². The van der Waals surface area contributed by atoms with Gasteiger partial charge in [0.1, 0.15) is 0 Å². The first kappa shape index (κ1) is 11.9. The van der Waals surface area contributed by atoms with Crippen molar-refractivity contribution in [2.45, 2.75) is 37.6 Å². The van der Waals surface area contributed by atoms with Crippen LogP contribution in [0.3, 0.4) is 0 Å². The maximum atomic E-state index is 12.2. The fraction of sp³-hybridized carbons (Fsp3) is 1.00. The average Bonchev–Trinajstić information content (AvgIpc) is 2.01. The molecule has 84 valence electrons. The smallest absolute Gasteiger partial charge is 0.365 e. The van der Waals surface area contributed by atoms with E-state index in [0.29, 0.717) is 12.8 Å². The van der Waals surface area contributed by atoms with Gasteiger partial charge < -0.3 is 4.74 Å². The van der Waals surface area contributed by atoms with E-state index in [9.17, 15) is 17.4 Å². The van der Waals surface area contributed by atoms with Gasteiger partial charge in [-0.3, -0.25) is 5.14 Å². The minimum Gasteiger partial charge on any atom is -0.365 e. The van der Waals surface area contributed by atoms with E-state index in [1.165, 1.54) is 0 Å². The van der Waals surface area contributed by atoms with E-state index >= 15 is 0 Å². The first-order valence-electron chi connectivity index (χ1n) is 4.24. The predicted molar refractivity (Wildman–Crippen MR) is 45.8 cm³/mol. The Morgan fingerprint density at radius 2 is 2.07 bits per heavy atom. The first-order chi connectivity index (χ1) is 6.39.